The van der Waals surface area contributed by atoms with Crippen LogP contribution in [0.25, 0.3) is 21.9 Å². The molecule has 1 fully saturated rings. The molecule has 2 aromatic heterocycles. The number of aliphatic hydroxyl groups excluding tert-OH is 1. The molecule has 1 saturated heterocycles. The number of aromatic amines is 1. The number of fused-ring (bicyclic) bond motifs is 2. The number of rotatable bonds is 6. The van der Waals surface area contributed by atoms with Gasteiger partial charge in [0.15, 0.2) is 0 Å². The molecule has 0 spiro atoms. The van der Waals surface area contributed by atoms with Gasteiger partial charge in [-0.1, -0.05) is 18.2 Å². The van der Waals surface area contributed by atoms with Gasteiger partial charge in [0.2, 0.25) is 0 Å². The topological polar surface area (TPSA) is 61.6 Å². The summed E-state index contributed by atoms with van der Waals surface area (Å²) >= 11 is 0. The largest absolute Gasteiger partial charge is 0.490 e. The minimum absolute atomic E-state index is 0.297. The summed E-state index contributed by atoms with van der Waals surface area (Å²) in [6, 6.07) is 17.1. The van der Waals surface area contributed by atoms with Gasteiger partial charge in [0.05, 0.1) is 6.26 Å². The number of hydrogen-bond acceptors (Lipinski definition) is 4. The Morgan fingerprint density at radius 2 is 2.13 bits per heavy atom. The van der Waals surface area contributed by atoms with Gasteiger partial charge in [-0.05, 0) is 75.0 Å². The van der Waals surface area contributed by atoms with Crippen LogP contribution in [0.1, 0.15) is 36.9 Å². The molecule has 5 heteroatoms. The first kappa shape index (κ1) is 20.2. The van der Waals surface area contributed by atoms with E-state index in [1.54, 1.807) is 6.26 Å². The number of nitrogens with zero attached hydrogens (tertiary/aromatic N) is 1. The Morgan fingerprint density at radius 1 is 1.23 bits per heavy atom. The van der Waals surface area contributed by atoms with Crippen LogP contribution < -0.4 is 4.74 Å². The van der Waals surface area contributed by atoms with Crippen LogP contribution in [0.4, 0.5) is 0 Å². The summed E-state index contributed by atoms with van der Waals surface area (Å²) in [6.07, 6.45) is 3.41. The first-order valence-electron chi connectivity index (χ1n) is 11.2. The Hall–Kier alpha value is -2.76. The molecule has 0 saturated carbocycles. The molecule has 2 N–H and O–H groups in total. The average molecular weight is 419 g/mol. The predicted molar refractivity (Wildman–Crippen MR) is 124 cm³/mol. The van der Waals surface area contributed by atoms with E-state index < -0.39 is 6.10 Å². The summed E-state index contributed by atoms with van der Waals surface area (Å²) in [5.41, 5.74) is 4.49. The molecule has 0 amide bonds. The van der Waals surface area contributed by atoms with Crippen LogP contribution in [0.3, 0.4) is 0 Å². The Bertz CT molecular complexity index is 1180. The molecule has 4 aromatic rings. The second kappa shape index (κ2) is 8.40. The third kappa shape index (κ3) is 4.21. The summed E-state index contributed by atoms with van der Waals surface area (Å²) in [5.74, 6) is 1.35. The summed E-state index contributed by atoms with van der Waals surface area (Å²) in [7, 11) is 0. The van der Waals surface area contributed by atoms with Crippen LogP contribution in [0, 0.1) is 6.92 Å². The number of aryl methyl sites for hydroxylation is 1. The highest BCUT2D eigenvalue weighted by molar-refractivity contribution is 5.86. The quantitative estimate of drug-likeness (QED) is 0.450. The van der Waals surface area contributed by atoms with Crippen molar-refractivity contribution in [2.45, 2.75) is 44.8 Å². The molecule has 0 aliphatic carbocycles. The number of benzene rings is 2. The van der Waals surface area contributed by atoms with Gasteiger partial charge in [-0.3, -0.25) is 4.90 Å². The van der Waals surface area contributed by atoms with Crippen molar-refractivity contribution in [2.24, 2.45) is 0 Å². The molecule has 0 bridgehead atoms. The maximum absolute atomic E-state index is 10.6. The average Bonchev–Trinajstić information content (AvgIpc) is 3.38. The first-order chi connectivity index (χ1) is 15.1. The Kier molecular flexibility index (Phi) is 5.47. The lowest BCUT2D eigenvalue weighted by Crippen LogP contribution is -2.45. The van der Waals surface area contributed by atoms with Gasteiger partial charge in [-0.2, -0.15) is 0 Å². The maximum Gasteiger partial charge on any atom is 0.134 e. The van der Waals surface area contributed by atoms with Crippen LogP contribution >= 0.6 is 0 Å². The number of ether oxygens (including phenoxy) is 1. The van der Waals surface area contributed by atoms with E-state index >= 15 is 0 Å². The molecule has 162 valence electrons. The molecule has 0 unspecified atom stereocenters. The van der Waals surface area contributed by atoms with E-state index in [4.69, 9.17) is 9.15 Å². The molecule has 5 rings (SSSR count). The summed E-state index contributed by atoms with van der Waals surface area (Å²) in [5, 5.41) is 12.9. The van der Waals surface area contributed by atoms with Crippen molar-refractivity contribution in [1.29, 1.82) is 0 Å². The van der Waals surface area contributed by atoms with Crippen molar-refractivity contribution in [1.82, 2.24) is 9.88 Å². The molecule has 31 heavy (non-hydrogen) atoms. The molecule has 1 aliphatic heterocycles. The number of likely N-dealkylation sites (tertiary alicyclic amines) is 1. The van der Waals surface area contributed by atoms with Gasteiger partial charge in [0, 0.05) is 34.6 Å². The van der Waals surface area contributed by atoms with Crippen LogP contribution in [0.5, 0.6) is 5.75 Å². The smallest absolute Gasteiger partial charge is 0.134 e. The zero-order chi connectivity index (χ0) is 21.4. The van der Waals surface area contributed by atoms with E-state index in [9.17, 15) is 5.11 Å². The molecular formula is C26H30N2O3. The lowest BCUT2D eigenvalue weighted by Gasteiger charge is -2.38. The summed E-state index contributed by atoms with van der Waals surface area (Å²) in [6.45, 7) is 6.20. The van der Waals surface area contributed by atoms with Gasteiger partial charge in [0.25, 0.3) is 0 Å². The van der Waals surface area contributed by atoms with Crippen LogP contribution in [-0.2, 0) is 0 Å². The van der Waals surface area contributed by atoms with Crippen molar-refractivity contribution < 1.29 is 14.3 Å². The van der Waals surface area contributed by atoms with Gasteiger partial charge in [0.1, 0.15) is 24.0 Å². The monoisotopic (exact) mass is 418 g/mol. The van der Waals surface area contributed by atoms with E-state index in [-0.39, 0.29) is 0 Å². The van der Waals surface area contributed by atoms with Crippen molar-refractivity contribution in [3.8, 4) is 5.75 Å². The minimum Gasteiger partial charge on any atom is -0.490 e. The molecule has 5 nitrogen and oxygen atoms in total. The van der Waals surface area contributed by atoms with Crippen LogP contribution in [0.15, 0.2) is 59.2 Å². The number of furan rings is 1. The lowest BCUT2D eigenvalue weighted by atomic mass is 9.85. The van der Waals surface area contributed by atoms with Crippen LogP contribution in [0.2, 0.25) is 0 Å². The Morgan fingerprint density at radius 3 is 3.00 bits per heavy atom. The Labute approximate surface area is 182 Å². The highest BCUT2D eigenvalue weighted by Crippen LogP contribution is 2.33. The lowest BCUT2D eigenvalue weighted by molar-refractivity contribution is 0.0406. The van der Waals surface area contributed by atoms with Gasteiger partial charge in [-0.15, -0.1) is 0 Å². The van der Waals surface area contributed by atoms with Crippen LogP contribution in [-0.4, -0.2) is 46.8 Å². The van der Waals surface area contributed by atoms with E-state index in [1.807, 2.05) is 31.2 Å². The number of piperidine rings is 1. The highest BCUT2D eigenvalue weighted by Gasteiger charge is 2.28. The van der Waals surface area contributed by atoms with Gasteiger partial charge < -0.3 is 19.2 Å². The molecule has 1 aliphatic rings. The van der Waals surface area contributed by atoms with Crippen molar-refractivity contribution in [3.05, 3.63) is 66.1 Å². The van der Waals surface area contributed by atoms with Crippen molar-refractivity contribution in [2.75, 3.05) is 19.7 Å². The molecule has 3 heterocycles. The number of aromatic nitrogens is 1. The third-order valence-electron chi connectivity index (χ3n) is 6.60. The van der Waals surface area contributed by atoms with E-state index in [0.29, 0.717) is 25.1 Å². The zero-order valence-corrected chi connectivity index (χ0v) is 18.2. The second-order valence-corrected chi connectivity index (χ2v) is 8.92. The maximum atomic E-state index is 10.6. The fourth-order valence-electron chi connectivity index (χ4n) is 4.92. The fraction of sp³-hybridized carbons (Fsp3) is 0.385. The standard InChI is InChI=1S/C26H30N2O3/c1-17-12-23-24(27-17)4-3-5-25(23)31-16-22(29)15-28-10-8-21(13-18(28)2)20-7-6-19-9-11-30-26(19)14-20/h3-7,9,11-12,14,18,21-22,27,29H,8,10,13,15-16H2,1-2H3/t18-,21+,22-/m0/s1. The SMILES string of the molecule is Cc1cc2c(OC[C@@H](O)CN3CC[C@@H](c4ccc5ccoc5c4)C[C@@H]3C)cccc2[nH]1. The van der Waals surface area contributed by atoms with E-state index in [0.717, 1.165) is 52.7 Å². The Balaban J connectivity index is 1.17. The fourth-order valence-corrected chi connectivity index (χ4v) is 4.92. The van der Waals surface area contributed by atoms with Gasteiger partial charge >= 0.3 is 0 Å². The number of hydrogen-bond donors (Lipinski definition) is 2. The highest BCUT2D eigenvalue weighted by atomic mass is 16.5. The zero-order valence-electron chi connectivity index (χ0n) is 18.2. The molecule has 0 radical (unpaired) electrons. The normalized spacial score (nSPS) is 21.0. The van der Waals surface area contributed by atoms with E-state index in [2.05, 4.69) is 41.1 Å². The number of nitrogens with one attached hydrogen (secondary N) is 1. The summed E-state index contributed by atoms with van der Waals surface area (Å²) in [4.78, 5) is 5.71. The number of H-pyrrole nitrogens is 1. The van der Waals surface area contributed by atoms with Gasteiger partial charge in [-0.25, -0.2) is 0 Å². The molecular weight excluding hydrogens is 388 g/mol. The first-order valence-corrected chi connectivity index (χ1v) is 11.2. The minimum atomic E-state index is -0.520. The summed E-state index contributed by atoms with van der Waals surface area (Å²) < 4.78 is 11.6. The molecule has 2 aromatic carbocycles. The van der Waals surface area contributed by atoms with Crippen molar-refractivity contribution in [3.63, 3.8) is 0 Å². The van der Waals surface area contributed by atoms with E-state index in [1.165, 1.54) is 5.56 Å². The second-order valence-electron chi connectivity index (χ2n) is 8.92. The van der Waals surface area contributed by atoms with Crippen molar-refractivity contribution >= 4 is 21.9 Å². The number of aliphatic hydroxyl groups is 1. The third-order valence-corrected chi connectivity index (χ3v) is 6.60. The predicted octanol–water partition coefficient (Wildman–Crippen LogP) is 5.23. The number of β-amino-alcohol motifs (C(OH)–C–C–N with tert-alkyl or cyclic N) is 1. The molecule has 3 atom stereocenters.